The number of carbonyl (C=O) groups is 1. The number of aromatic nitrogens is 1. The number of nitriles is 1. The van der Waals surface area contributed by atoms with E-state index in [4.69, 9.17) is 5.26 Å². The quantitative estimate of drug-likeness (QED) is 0.761. The van der Waals surface area contributed by atoms with Crippen molar-refractivity contribution in [1.82, 2.24) is 9.88 Å². The molecule has 2 saturated heterocycles. The first-order chi connectivity index (χ1) is 13.9. The average molecular weight is 408 g/mol. The van der Waals surface area contributed by atoms with E-state index in [0.29, 0.717) is 45.2 Å². The SMILES string of the molecule is N#Cc1c(F)c(F)nc(N2CCC[C@]3(CCN(C4CCC(O)CC4)C3=O)C2)c1F. The summed E-state index contributed by atoms with van der Waals surface area (Å²) in [6, 6.07) is 1.46. The second kappa shape index (κ2) is 7.48. The number of hydrogen-bond acceptors (Lipinski definition) is 5. The van der Waals surface area contributed by atoms with Gasteiger partial charge in [0.2, 0.25) is 5.91 Å². The van der Waals surface area contributed by atoms with E-state index in [2.05, 4.69) is 4.98 Å². The summed E-state index contributed by atoms with van der Waals surface area (Å²) in [6.07, 6.45) is 4.41. The summed E-state index contributed by atoms with van der Waals surface area (Å²) in [5, 5.41) is 18.7. The van der Waals surface area contributed by atoms with Crippen molar-refractivity contribution >= 4 is 11.7 Å². The van der Waals surface area contributed by atoms with E-state index in [1.165, 1.54) is 11.0 Å². The number of amides is 1. The van der Waals surface area contributed by atoms with Gasteiger partial charge in [0, 0.05) is 25.7 Å². The van der Waals surface area contributed by atoms with Crippen LogP contribution in [0.1, 0.15) is 50.5 Å². The Morgan fingerprint density at radius 1 is 1.10 bits per heavy atom. The van der Waals surface area contributed by atoms with Gasteiger partial charge in [0.1, 0.15) is 11.6 Å². The van der Waals surface area contributed by atoms with Crippen molar-refractivity contribution in [2.45, 2.75) is 57.1 Å². The molecular weight excluding hydrogens is 385 g/mol. The largest absolute Gasteiger partial charge is 0.393 e. The molecule has 6 nitrogen and oxygen atoms in total. The Bertz CT molecular complexity index is 866. The molecule has 29 heavy (non-hydrogen) atoms. The molecule has 1 saturated carbocycles. The van der Waals surface area contributed by atoms with Gasteiger partial charge < -0.3 is 14.9 Å². The van der Waals surface area contributed by atoms with Crippen LogP contribution in [0.25, 0.3) is 0 Å². The predicted molar refractivity (Wildman–Crippen MR) is 97.3 cm³/mol. The molecule has 0 unspecified atom stereocenters. The highest BCUT2D eigenvalue weighted by Crippen LogP contribution is 2.43. The Morgan fingerprint density at radius 2 is 1.83 bits per heavy atom. The summed E-state index contributed by atoms with van der Waals surface area (Å²) >= 11 is 0. The van der Waals surface area contributed by atoms with E-state index in [-0.39, 0.29) is 24.6 Å². The number of aliphatic hydroxyl groups excluding tert-OH is 1. The second-order valence-corrected chi connectivity index (χ2v) is 8.36. The van der Waals surface area contributed by atoms with E-state index in [1.54, 1.807) is 0 Å². The molecule has 1 aromatic rings. The fraction of sp³-hybridized carbons (Fsp3) is 0.650. The summed E-state index contributed by atoms with van der Waals surface area (Å²) in [5.74, 6) is -4.70. The van der Waals surface area contributed by atoms with Gasteiger partial charge in [0.25, 0.3) is 5.95 Å². The number of pyridine rings is 1. The van der Waals surface area contributed by atoms with Gasteiger partial charge in [-0.2, -0.15) is 14.6 Å². The maximum atomic E-state index is 14.6. The number of hydrogen-bond donors (Lipinski definition) is 1. The summed E-state index contributed by atoms with van der Waals surface area (Å²) in [4.78, 5) is 20.1. The maximum Gasteiger partial charge on any atom is 0.252 e. The Labute approximate surface area is 166 Å². The van der Waals surface area contributed by atoms with E-state index >= 15 is 0 Å². The third kappa shape index (κ3) is 3.33. The average Bonchev–Trinajstić information content (AvgIpc) is 3.01. The first kappa shape index (κ1) is 20.0. The van der Waals surface area contributed by atoms with Crippen molar-refractivity contribution in [3.05, 3.63) is 23.1 Å². The highest BCUT2D eigenvalue weighted by Gasteiger charge is 2.51. The first-order valence-corrected chi connectivity index (χ1v) is 10.0. The van der Waals surface area contributed by atoms with Crippen LogP contribution < -0.4 is 4.90 Å². The lowest BCUT2D eigenvalue weighted by atomic mass is 9.78. The number of likely N-dealkylation sites (tertiary alicyclic amines) is 1. The van der Waals surface area contributed by atoms with Gasteiger partial charge in [0.05, 0.1) is 11.5 Å². The molecule has 1 aliphatic carbocycles. The molecule has 0 aromatic carbocycles. The minimum absolute atomic E-state index is 0.00656. The van der Waals surface area contributed by atoms with E-state index < -0.39 is 34.4 Å². The highest BCUT2D eigenvalue weighted by molar-refractivity contribution is 5.86. The van der Waals surface area contributed by atoms with Crippen LogP contribution in [0.2, 0.25) is 0 Å². The molecule has 1 spiro atoms. The number of carbonyl (C=O) groups excluding carboxylic acids is 1. The number of aliphatic hydroxyl groups is 1. The van der Waals surface area contributed by atoms with Crippen molar-refractivity contribution in [3.8, 4) is 6.07 Å². The summed E-state index contributed by atoms with van der Waals surface area (Å²) in [5.41, 5.74) is -1.70. The molecule has 0 bridgehead atoms. The normalized spacial score (nSPS) is 30.1. The molecule has 1 atom stereocenters. The topological polar surface area (TPSA) is 80.5 Å². The molecule has 2 aliphatic heterocycles. The Kier molecular flexibility index (Phi) is 5.15. The zero-order valence-corrected chi connectivity index (χ0v) is 16.0. The van der Waals surface area contributed by atoms with Gasteiger partial charge in [-0.15, -0.1) is 0 Å². The van der Waals surface area contributed by atoms with Crippen LogP contribution in [0.5, 0.6) is 0 Å². The van der Waals surface area contributed by atoms with Crippen LogP contribution in [0.15, 0.2) is 0 Å². The molecule has 1 amide bonds. The van der Waals surface area contributed by atoms with E-state index in [1.807, 2.05) is 4.90 Å². The Balaban J connectivity index is 1.57. The van der Waals surface area contributed by atoms with E-state index in [0.717, 1.165) is 12.8 Å². The molecule has 3 heterocycles. The zero-order valence-electron chi connectivity index (χ0n) is 16.0. The fourth-order valence-corrected chi connectivity index (χ4v) is 5.07. The molecule has 156 valence electrons. The van der Waals surface area contributed by atoms with Crippen LogP contribution in [-0.4, -0.2) is 52.7 Å². The van der Waals surface area contributed by atoms with Crippen LogP contribution >= 0.6 is 0 Å². The second-order valence-electron chi connectivity index (χ2n) is 8.36. The van der Waals surface area contributed by atoms with Crippen molar-refractivity contribution in [1.29, 1.82) is 5.26 Å². The smallest absolute Gasteiger partial charge is 0.252 e. The maximum absolute atomic E-state index is 14.6. The van der Waals surface area contributed by atoms with Crippen LogP contribution in [0.4, 0.5) is 19.0 Å². The van der Waals surface area contributed by atoms with Gasteiger partial charge in [-0.25, -0.2) is 8.78 Å². The number of anilines is 1. The van der Waals surface area contributed by atoms with Crippen molar-refractivity contribution in [2.24, 2.45) is 5.41 Å². The molecule has 4 rings (SSSR count). The molecule has 3 fully saturated rings. The standard InChI is InChI=1S/C20H23F3N4O2/c21-15-14(10-24)16(22)18(25-17(15)23)26-8-1-6-20(11-26)7-9-27(19(20)29)12-2-4-13(28)5-3-12/h12-13,28H,1-9,11H2/t12?,13?,20-/m0/s1. The number of rotatable bonds is 2. The molecule has 3 aliphatic rings. The molecule has 1 aromatic heterocycles. The lowest BCUT2D eigenvalue weighted by Gasteiger charge is -2.41. The summed E-state index contributed by atoms with van der Waals surface area (Å²) < 4.78 is 42.1. The third-order valence-corrected chi connectivity index (χ3v) is 6.66. The molecule has 0 radical (unpaired) electrons. The molecule has 9 heteroatoms. The van der Waals surface area contributed by atoms with Gasteiger partial charge >= 0.3 is 0 Å². The van der Waals surface area contributed by atoms with Crippen molar-refractivity contribution in [2.75, 3.05) is 24.5 Å². The Morgan fingerprint density at radius 3 is 2.52 bits per heavy atom. The molecular formula is C20H23F3N4O2. The third-order valence-electron chi connectivity index (χ3n) is 6.66. The lowest BCUT2D eigenvalue weighted by molar-refractivity contribution is -0.139. The van der Waals surface area contributed by atoms with Crippen molar-refractivity contribution in [3.63, 3.8) is 0 Å². The van der Waals surface area contributed by atoms with Crippen molar-refractivity contribution < 1.29 is 23.1 Å². The Hall–Kier alpha value is -2.34. The number of nitrogens with zero attached hydrogens (tertiary/aromatic N) is 4. The zero-order chi connectivity index (χ0) is 20.8. The number of piperidine rings is 1. The minimum Gasteiger partial charge on any atom is -0.393 e. The summed E-state index contributed by atoms with van der Waals surface area (Å²) in [7, 11) is 0. The van der Waals surface area contributed by atoms with Crippen LogP contribution in [-0.2, 0) is 4.79 Å². The van der Waals surface area contributed by atoms with Crippen LogP contribution in [0.3, 0.4) is 0 Å². The van der Waals surface area contributed by atoms with Gasteiger partial charge in [-0.1, -0.05) is 0 Å². The van der Waals surface area contributed by atoms with Gasteiger partial charge in [-0.3, -0.25) is 4.79 Å². The fourth-order valence-electron chi connectivity index (χ4n) is 5.07. The predicted octanol–water partition coefficient (Wildman–Crippen LogP) is 2.49. The number of halogens is 3. The minimum atomic E-state index is -1.59. The highest BCUT2D eigenvalue weighted by atomic mass is 19.2. The summed E-state index contributed by atoms with van der Waals surface area (Å²) in [6.45, 7) is 1.12. The lowest BCUT2D eigenvalue weighted by Crippen LogP contribution is -2.50. The monoisotopic (exact) mass is 408 g/mol. The van der Waals surface area contributed by atoms with Gasteiger partial charge in [-0.05, 0) is 44.9 Å². The van der Waals surface area contributed by atoms with Crippen LogP contribution in [0, 0.1) is 34.3 Å². The van der Waals surface area contributed by atoms with E-state index in [9.17, 15) is 23.1 Å². The first-order valence-electron chi connectivity index (χ1n) is 10.0. The van der Waals surface area contributed by atoms with Gasteiger partial charge in [0.15, 0.2) is 17.5 Å². The molecule has 1 N–H and O–H groups in total.